The molecule has 0 spiro atoms. The fourth-order valence-electron chi connectivity index (χ4n) is 0.997. The molecule has 0 fully saturated rings. The van der Waals surface area contributed by atoms with Gasteiger partial charge in [-0.3, -0.25) is 4.84 Å². The number of nitrogens with zero attached hydrogens (tertiary/aromatic N) is 1. The average Bonchev–Trinajstić information content (AvgIpc) is 2.51. The molecule has 0 aromatic carbocycles. The maximum absolute atomic E-state index is 5.10. The van der Waals surface area contributed by atoms with E-state index < -0.39 is 0 Å². The Morgan fingerprint density at radius 3 is 2.92 bits per heavy atom. The van der Waals surface area contributed by atoms with E-state index in [0.717, 1.165) is 6.54 Å². The predicted molar refractivity (Wildman–Crippen MR) is 50.1 cm³/mol. The van der Waals surface area contributed by atoms with Crippen molar-refractivity contribution in [3.63, 3.8) is 0 Å². The summed E-state index contributed by atoms with van der Waals surface area (Å²) in [6.07, 6.45) is 4.05. The molecule has 0 aliphatic heterocycles. The number of aryl methyl sites for hydroxylation is 1. The van der Waals surface area contributed by atoms with Crippen molar-refractivity contribution in [1.29, 1.82) is 0 Å². The van der Waals surface area contributed by atoms with Crippen molar-refractivity contribution in [3.8, 4) is 0 Å². The Hall–Kier alpha value is -0.840. The van der Waals surface area contributed by atoms with Crippen molar-refractivity contribution in [3.05, 3.63) is 24.0 Å². The Kier molecular flexibility index (Phi) is 4.53. The van der Waals surface area contributed by atoms with Crippen LogP contribution in [0.3, 0.4) is 0 Å². The molecule has 0 bridgehead atoms. The Balaban J connectivity index is 2.06. The van der Waals surface area contributed by atoms with Crippen LogP contribution in [0, 0.1) is 0 Å². The summed E-state index contributed by atoms with van der Waals surface area (Å²) in [5.41, 5.74) is 4.06. The number of hydrogen-bond donors (Lipinski definition) is 1. The van der Waals surface area contributed by atoms with E-state index >= 15 is 0 Å². The molecule has 0 aliphatic carbocycles. The second-order valence-electron chi connectivity index (χ2n) is 2.85. The summed E-state index contributed by atoms with van der Waals surface area (Å²) in [6, 6.07) is 2.05. The van der Waals surface area contributed by atoms with Crippen LogP contribution < -0.4 is 5.48 Å². The maximum atomic E-state index is 5.10. The van der Waals surface area contributed by atoms with Gasteiger partial charge in [0.15, 0.2) is 0 Å². The second kappa shape index (κ2) is 5.75. The number of rotatable bonds is 6. The first-order valence-electron chi connectivity index (χ1n) is 4.27. The van der Waals surface area contributed by atoms with Gasteiger partial charge in [-0.1, -0.05) is 0 Å². The summed E-state index contributed by atoms with van der Waals surface area (Å²) in [4.78, 5) is 5.10. The fraction of sp³-hybridized carbons (Fsp3) is 0.556. The number of nitrogens with one attached hydrogen (secondary N) is 1. The van der Waals surface area contributed by atoms with Gasteiger partial charge in [0.1, 0.15) is 0 Å². The van der Waals surface area contributed by atoms with Gasteiger partial charge in [-0.25, -0.2) is 0 Å². The van der Waals surface area contributed by atoms with Crippen LogP contribution in [0.25, 0.3) is 0 Å². The summed E-state index contributed by atoms with van der Waals surface area (Å²) in [6.45, 7) is 1.91. The van der Waals surface area contributed by atoms with Crippen LogP contribution in [-0.4, -0.2) is 24.9 Å². The summed E-state index contributed by atoms with van der Waals surface area (Å²) >= 11 is 0. The molecule has 0 amide bonds. The molecule has 4 nitrogen and oxygen atoms in total. The standard InChI is InChI=1S/C9H16N2O2/c1-11-4-3-9(8-11)7-10-13-6-5-12-2/h3-4,8,10H,5-7H2,1-2H3. The molecule has 1 rings (SSSR count). The number of methoxy groups -OCH3 is 1. The van der Waals surface area contributed by atoms with E-state index in [4.69, 9.17) is 9.57 Å². The number of hydroxylamine groups is 1. The summed E-state index contributed by atoms with van der Waals surface area (Å²) < 4.78 is 6.84. The van der Waals surface area contributed by atoms with Gasteiger partial charge < -0.3 is 9.30 Å². The molecule has 1 N–H and O–H groups in total. The molecule has 1 heterocycles. The van der Waals surface area contributed by atoms with Gasteiger partial charge in [0.05, 0.1) is 13.2 Å². The molecule has 0 aliphatic rings. The van der Waals surface area contributed by atoms with E-state index in [1.54, 1.807) is 7.11 Å². The number of ether oxygens (including phenoxy) is 1. The first kappa shape index (κ1) is 10.2. The van der Waals surface area contributed by atoms with Gasteiger partial charge in [0.25, 0.3) is 0 Å². The SMILES string of the molecule is COCCONCc1ccn(C)c1. The van der Waals surface area contributed by atoms with Crippen LogP contribution >= 0.6 is 0 Å². The van der Waals surface area contributed by atoms with Crippen LogP contribution in [0.1, 0.15) is 5.56 Å². The molecule has 1 aromatic heterocycles. The Bertz CT molecular complexity index is 235. The van der Waals surface area contributed by atoms with E-state index in [0.29, 0.717) is 13.2 Å². The molecular weight excluding hydrogens is 168 g/mol. The minimum atomic E-state index is 0.573. The third-order valence-corrected chi connectivity index (χ3v) is 1.66. The molecule has 4 heteroatoms. The van der Waals surface area contributed by atoms with E-state index in [2.05, 4.69) is 5.48 Å². The lowest BCUT2D eigenvalue weighted by atomic mass is 10.3. The van der Waals surface area contributed by atoms with E-state index in [9.17, 15) is 0 Å². The van der Waals surface area contributed by atoms with Crippen LogP contribution in [0.2, 0.25) is 0 Å². The van der Waals surface area contributed by atoms with Gasteiger partial charge in [0, 0.05) is 33.1 Å². The molecule has 1 aromatic rings. The average molecular weight is 184 g/mol. The molecule has 74 valence electrons. The van der Waals surface area contributed by atoms with Crippen LogP contribution in [-0.2, 0) is 23.2 Å². The van der Waals surface area contributed by atoms with Crippen molar-refractivity contribution in [1.82, 2.24) is 10.0 Å². The zero-order valence-electron chi connectivity index (χ0n) is 8.12. The van der Waals surface area contributed by atoms with Crippen LogP contribution in [0.4, 0.5) is 0 Å². The quantitative estimate of drug-likeness (QED) is 0.522. The topological polar surface area (TPSA) is 35.4 Å². The molecule has 0 saturated carbocycles. The summed E-state index contributed by atoms with van der Waals surface area (Å²) in [7, 11) is 3.65. The normalized spacial score (nSPS) is 10.6. The highest BCUT2D eigenvalue weighted by molar-refractivity contribution is 5.08. The molecule has 13 heavy (non-hydrogen) atoms. The van der Waals surface area contributed by atoms with Crippen molar-refractivity contribution < 1.29 is 9.57 Å². The second-order valence-corrected chi connectivity index (χ2v) is 2.85. The molecular formula is C9H16N2O2. The van der Waals surface area contributed by atoms with Gasteiger partial charge in [-0.05, 0) is 11.6 Å². The van der Waals surface area contributed by atoms with Gasteiger partial charge in [-0.15, -0.1) is 0 Å². The molecule has 0 radical (unpaired) electrons. The third kappa shape index (κ3) is 4.07. The van der Waals surface area contributed by atoms with Crippen molar-refractivity contribution in [2.24, 2.45) is 7.05 Å². The zero-order chi connectivity index (χ0) is 9.52. The lowest BCUT2D eigenvalue weighted by Gasteiger charge is -2.03. The Morgan fingerprint density at radius 1 is 1.46 bits per heavy atom. The largest absolute Gasteiger partial charge is 0.382 e. The van der Waals surface area contributed by atoms with Crippen molar-refractivity contribution >= 4 is 0 Å². The van der Waals surface area contributed by atoms with Crippen LogP contribution in [0.5, 0.6) is 0 Å². The van der Waals surface area contributed by atoms with E-state index in [-0.39, 0.29) is 0 Å². The summed E-state index contributed by atoms with van der Waals surface area (Å²) in [5.74, 6) is 0. The maximum Gasteiger partial charge on any atom is 0.0916 e. The monoisotopic (exact) mass is 184 g/mol. The van der Waals surface area contributed by atoms with E-state index in [1.165, 1.54) is 5.56 Å². The smallest absolute Gasteiger partial charge is 0.0916 e. The lowest BCUT2D eigenvalue weighted by molar-refractivity contribution is 0.00347. The Labute approximate surface area is 78.4 Å². The first-order valence-corrected chi connectivity index (χ1v) is 4.27. The molecule has 0 atom stereocenters. The first-order chi connectivity index (χ1) is 6.33. The summed E-state index contributed by atoms with van der Waals surface area (Å²) in [5, 5.41) is 0. The van der Waals surface area contributed by atoms with Crippen molar-refractivity contribution in [2.75, 3.05) is 20.3 Å². The highest BCUT2D eigenvalue weighted by Crippen LogP contribution is 1.97. The predicted octanol–water partition coefficient (Wildman–Crippen LogP) is 0.693. The van der Waals surface area contributed by atoms with Crippen LogP contribution in [0.15, 0.2) is 18.5 Å². The number of aromatic nitrogens is 1. The minimum Gasteiger partial charge on any atom is -0.382 e. The van der Waals surface area contributed by atoms with Gasteiger partial charge in [-0.2, -0.15) is 5.48 Å². The highest BCUT2D eigenvalue weighted by atomic mass is 16.7. The zero-order valence-corrected chi connectivity index (χ0v) is 8.12. The van der Waals surface area contributed by atoms with E-state index in [1.807, 2.05) is 30.1 Å². The lowest BCUT2D eigenvalue weighted by Crippen LogP contribution is -2.16. The number of hydrogen-bond acceptors (Lipinski definition) is 3. The Morgan fingerprint density at radius 2 is 2.31 bits per heavy atom. The van der Waals surface area contributed by atoms with Crippen molar-refractivity contribution in [2.45, 2.75) is 6.54 Å². The molecule has 0 unspecified atom stereocenters. The molecule has 0 saturated heterocycles. The van der Waals surface area contributed by atoms with Gasteiger partial charge in [0.2, 0.25) is 0 Å². The fourth-order valence-corrected chi connectivity index (χ4v) is 0.997. The minimum absolute atomic E-state index is 0.573. The van der Waals surface area contributed by atoms with Gasteiger partial charge >= 0.3 is 0 Å². The highest BCUT2D eigenvalue weighted by Gasteiger charge is 1.93. The third-order valence-electron chi connectivity index (χ3n) is 1.66.